The van der Waals surface area contributed by atoms with Crippen molar-refractivity contribution in [1.82, 2.24) is 15.1 Å². The van der Waals surface area contributed by atoms with Crippen molar-refractivity contribution >= 4 is 19.1 Å². The van der Waals surface area contributed by atoms with E-state index in [4.69, 9.17) is 4.74 Å². The van der Waals surface area contributed by atoms with E-state index in [0.29, 0.717) is 18.9 Å². The Morgan fingerprint density at radius 2 is 2.02 bits per heavy atom. The molecule has 218 valence electrons. The number of benzene rings is 1. The molecule has 1 aromatic rings. The second-order valence-electron chi connectivity index (χ2n) is 10.7. The molecule has 2 amide bonds. The summed E-state index contributed by atoms with van der Waals surface area (Å²) in [7, 11) is -2.08. The molecule has 9 nitrogen and oxygen atoms in total. The van der Waals surface area contributed by atoms with Crippen LogP contribution in [0.3, 0.4) is 0 Å². The maximum absolute atomic E-state index is 14.0. The molecule has 0 unspecified atom stereocenters. The summed E-state index contributed by atoms with van der Waals surface area (Å²) in [5.74, 6) is -6.54. The summed E-state index contributed by atoms with van der Waals surface area (Å²) in [6.45, 7) is 2.98. The Morgan fingerprint density at radius 3 is 2.62 bits per heavy atom. The lowest BCUT2D eigenvalue weighted by Crippen LogP contribution is -2.50. The molecule has 2 saturated heterocycles. The average molecular weight is 568 g/mol. The maximum Gasteiger partial charge on any atom is 0.475 e. The van der Waals surface area contributed by atoms with Crippen LogP contribution in [0.25, 0.3) is 0 Å². The number of nitriles is 1. The minimum atomic E-state index is -2.84. The third kappa shape index (κ3) is 8.19. The molecule has 0 bridgehead atoms. The van der Waals surface area contributed by atoms with Gasteiger partial charge in [-0.25, -0.2) is 22.4 Å². The smallest absolute Gasteiger partial charge is 0.447 e. The molecule has 0 aliphatic carbocycles. The van der Waals surface area contributed by atoms with Crippen LogP contribution in [0.2, 0.25) is 0 Å². The number of nitrogens with one attached hydrogen (secondary N) is 1. The van der Waals surface area contributed by atoms with Crippen molar-refractivity contribution in [2.45, 2.75) is 69.4 Å². The van der Waals surface area contributed by atoms with Crippen LogP contribution >= 0.6 is 0 Å². The summed E-state index contributed by atoms with van der Waals surface area (Å²) in [5.41, 5.74) is -1.24. The van der Waals surface area contributed by atoms with Gasteiger partial charge in [0, 0.05) is 31.1 Å². The van der Waals surface area contributed by atoms with Gasteiger partial charge in [-0.05, 0) is 57.2 Å². The second-order valence-corrected chi connectivity index (χ2v) is 10.7. The summed E-state index contributed by atoms with van der Waals surface area (Å²) in [4.78, 5) is 28.7. The van der Waals surface area contributed by atoms with Crippen LogP contribution in [0, 0.1) is 23.0 Å². The van der Waals surface area contributed by atoms with Crippen molar-refractivity contribution in [1.29, 1.82) is 5.26 Å². The first-order valence-corrected chi connectivity index (χ1v) is 13.0. The third-order valence-corrected chi connectivity index (χ3v) is 7.25. The van der Waals surface area contributed by atoms with Gasteiger partial charge in [-0.15, -0.1) is 0 Å². The van der Waals surface area contributed by atoms with Gasteiger partial charge in [-0.1, -0.05) is 6.07 Å². The molecule has 2 aliphatic heterocycles. The van der Waals surface area contributed by atoms with Gasteiger partial charge in [0.1, 0.15) is 29.9 Å². The molecule has 3 rings (SSSR count). The number of hydrogen-bond donors (Lipinski definition) is 3. The lowest BCUT2D eigenvalue weighted by Gasteiger charge is -2.36. The van der Waals surface area contributed by atoms with Crippen LogP contribution in [0.4, 0.5) is 22.4 Å². The average Bonchev–Trinajstić information content (AvgIpc) is 3.27. The maximum atomic E-state index is 14.0. The number of piperidine rings is 1. The van der Waals surface area contributed by atoms with Crippen LogP contribution in [-0.2, 0) is 16.0 Å². The number of ether oxygens (including phenoxy) is 1. The van der Waals surface area contributed by atoms with Crippen molar-refractivity contribution in [2.75, 3.05) is 26.2 Å². The van der Waals surface area contributed by atoms with Crippen LogP contribution in [-0.4, -0.2) is 88.7 Å². The zero-order chi connectivity index (χ0) is 29.7. The summed E-state index contributed by atoms with van der Waals surface area (Å²) in [6, 6.07) is 4.04. The van der Waals surface area contributed by atoms with E-state index in [1.807, 2.05) is 6.07 Å². The Kier molecular flexibility index (Phi) is 10.2. The van der Waals surface area contributed by atoms with E-state index < -0.39 is 60.7 Å². The summed E-state index contributed by atoms with van der Waals surface area (Å²) in [5, 5.41) is 31.2. The summed E-state index contributed by atoms with van der Waals surface area (Å²) in [6.07, 6.45) is 1.51. The number of likely N-dealkylation sites (tertiary alicyclic amines) is 2. The van der Waals surface area contributed by atoms with Gasteiger partial charge >= 0.3 is 13.2 Å². The lowest BCUT2D eigenvalue weighted by atomic mass is 9.76. The van der Waals surface area contributed by atoms with E-state index in [1.54, 1.807) is 13.8 Å². The number of amides is 2. The molecule has 2 fully saturated rings. The first kappa shape index (κ1) is 31.4. The minimum absolute atomic E-state index is 0.0553. The van der Waals surface area contributed by atoms with Gasteiger partial charge in [0.25, 0.3) is 11.8 Å². The van der Waals surface area contributed by atoms with E-state index >= 15 is 0 Å². The molecule has 2 heterocycles. The first-order chi connectivity index (χ1) is 18.7. The number of alkyl carbamates (subject to hydrolysis) is 1. The van der Waals surface area contributed by atoms with Gasteiger partial charge in [-0.3, -0.25) is 9.69 Å². The van der Waals surface area contributed by atoms with Crippen molar-refractivity contribution in [2.24, 2.45) is 0 Å². The number of alkyl halides is 2. The van der Waals surface area contributed by atoms with Gasteiger partial charge in [-0.2, -0.15) is 5.26 Å². The van der Waals surface area contributed by atoms with E-state index in [2.05, 4.69) is 5.32 Å². The van der Waals surface area contributed by atoms with E-state index in [1.165, 1.54) is 15.9 Å². The predicted octanol–water partition coefficient (Wildman–Crippen LogP) is 2.56. The molecule has 0 aromatic heterocycles. The predicted molar refractivity (Wildman–Crippen MR) is 137 cm³/mol. The number of halogens is 4. The Morgan fingerprint density at radius 1 is 1.30 bits per heavy atom. The Balaban J connectivity index is 1.64. The number of carbonyl (C=O) groups is 2. The quantitative estimate of drug-likeness (QED) is 0.181. The molecule has 0 radical (unpaired) electrons. The molecule has 40 heavy (non-hydrogen) atoms. The molecular formula is C26H33BF4N4O5. The highest BCUT2D eigenvalue weighted by molar-refractivity contribution is 6.43. The largest absolute Gasteiger partial charge is 0.475 e. The minimum Gasteiger partial charge on any atom is -0.447 e. The fraction of sp³-hybridized carbons (Fsp3) is 0.577. The molecule has 2 aliphatic rings. The number of hydrogen-bond acceptors (Lipinski definition) is 7. The van der Waals surface area contributed by atoms with Gasteiger partial charge < -0.3 is 25.0 Å². The first-order valence-electron chi connectivity index (χ1n) is 13.0. The summed E-state index contributed by atoms with van der Waals surface area (Å²) < 4.78 is 59.9. The molecule has 0 saturated carbocycles. The molecular weight excluding hydrogens is 535 g/mol. The fourth-order valence-corrected chi connectivity index (χ4v) is 4.93. The van der Waals surface area contributed by atoms with Crippen molar-refractivity contribution < 1.29 is 41.9 Å². The lowest BCUT2D eigenvalue weighted by molar-refractivity contribution is -0.131. The van der Waals surface area contributed by atoms with Gasteiger partial charge in [0.05, 0.1) is 18.5 Å². The van der Waals surface area contributed by atoms with Crippen LogP contribution in [0.1, 0.15) is 45.1 Å². The van der Waals surface area contributed by atoms with Crippen LogP contribution < -0.4 is 5.32 Å². The van der Waals surface area contributed by atoms with E-state index in [9.17, 15) is 42.5 Å². The zero-order valence-electron chi connectivity index (χ0n) is 22.4. The van der Waals surface area contributed by atoms with Gasteiger partial charge in [0.15, 0.2) is 0 Å². The highest BCUT2D eigenvalue weighted by atomic mass is 19.3. The SMILES string of the molecule is CC(C)(C=C(C#N)C(=O)N1CCCC[C@@H]1COC(=O)N[C@@H](Cc1ccc(F)cc1F)B(O)O)N1CCC(F)(F)C1. The Labute approximate surface area is 230 Å². The topological polar surface area (TPSA) is 126 Å². The van der Waals surface area contributed by atoms with Crippen molar-refractivity contribution in [3.8, 4) is 6.07 Å². The standard InChI is InChI=1S/C26H33BF4N4O5/c1-25(2,34-10-8-26(30,31)16-34)13-18(14-32)23(36)35-9-4-3-5-20(35)15-40-24(37)33-22(27(38)39)11-17-6-7-19(28)12-21(17)29/h6-7,12-13,20,22,38-39H,3-5,8-11,15-16H2,1-2H3,(H,33,37)/t20-,22+/m1/s1. The molecule has 0 spiro atoms. The highest BCUT2D eigenvalue weighted by Gasteiger charge is 2.43. The Bertz CT molecular complexity index is 1160. The molecule has 3 N–H and O–H groups in total. The van der Waals surface area contributed by atoms with Gasteiger partial charge in [0.2, 0.25) is 0 Å². The van der Waals surface area contributed by atoms with E-state index in [-0.39, 0.29) is 43.7 Å². The number of nitrogens with zero attached hydrogens (tertiary/aromatic N) is 3. The second kappa shape index (κ2) is 13.0. The summed E-state index contributed by atoms with van der Waals surface area (Å²) >= 11 is 0. The van der Waals surface area contributed by atoms with E-state index in [0.717, 1.165) is 18.6 Å². The third-order valence-electron chi connectivity index (χ3n) is 7.25. The monoisotopic (exact) mass is 568 g/mol. The number of carbonyl (C=O) groups excluding carboxylic acids is 2. The van der Waals surface area contributed by atoms with Crippen molar-refractivity contribution in [3.63, 3.8) is 0 Å². The molecule has 1 aromatic carbocycles. The van der Waals surface area contributed by atoms with Crippen molar-refractivity contribution in [3.05, 3.63) is 47.0 Å². The number of rotatable bonds is 9. The van der Waals surface area contributed by atoms with Crippen LogP contribution in [0.15, 0.2) is 29.8 Å². The zero-order valence-corrected chi connectivity index (χ0v) is 22.4. The Hall–Kier alpha value is -3.15. The normalized spacial score (nSPS) is 20.5. The van der Waals surface area contributed by atoms with Crippen LogP contribution in [0.5, 0.6) is 0 Å². The molecule has 14 heteroatoms. The fourth-order valence-electron chi connectivity index (χ4n) is 4.93. The highest BCUT2D eigenvalue weighted by Crippen LogP contribution is 2.33. The molecule has 2 atom stereocenters.